The Balaban J connectivity index is 2.26. The summed E-state index contributed by atoms with van der Waals surface area (Å²) in [6.07, 6.45) is 4.92. The zero-order chi connectivity index (χ0) is 13.8. The van der Waals surface area contributed by atoms with Gasteiger partial charge in [-0.3, -0.25) is 10.1 Å². The summed E-state index contributed by atoms with van der Waals surface area (Å²) in [6.45, 7) is 0. The Morgan fingerprint density at radius 1 is 1.32 bits per heavy atom. The van der Waals surface area contributed by atoms with E-state index in [0.717, 1.165) is 32.1 Å². The molecule has 0 amide bonds. The van der Waals surface area contributed by atoms with E-state index in [1.54, 1.807) is 0 Å². The van der Waals surface area contributed by atoms with E-state index in [1.807, 2.05) is 0 Å². The highest BCUT2D eigenvalue weighted by Gasteiger charge is 2.21. The average Bonchev–Trinajstić information content (AvgIpc) is 2.39. The molecule has 1 aromatic rings. The molecule has 0 aromatic heterocycles. The third-order valence-corrected chi connectivity index (χ3v) is 3.25. The van der Waals surface area contributed by atoms with Gasteiger partial charge in [-0.1, -0.05) is 6.42 Å². The SMILES string of the molecule is O=C(O)c1ccc([N+](=O)[O-])cc1OC1CCCCC1. The van der Waals surface area contributed by atoms with Crippen molar-refractivity contribution >= 4 is 11.7 Å². The first-order chi connectivity index (χ1) is 9.08. The first-order valence-electron chi connectivity index (χ1n) is 6.26. The van der Waals surface area contributed by atoms with Crippen molar-refractivity contribution < 1.29 is 19.6 Å². The van der Waals surface area contributed by atoms with Gasteiger partial charge in [-0.2, -0.15) is 0 Å². The molecule has 1 saturated carbocycles. The lowest BCUT2D eigenvalue weighted by Gasteiger charge is -2.23. The number of non-ortho nitro benzene ring substituents is 1. The highest BCUT2D eigenvalue weighted by Crippen LogP contribution is 2.29. The topological polar surface area (TPSA) is 89.7 Å². The maximum Gasteiger partial charge on any atom is 0.339 e. The predicted octanol–water partition coefficient (Wildman–Crippen LogP) is 3.00. The van der Waals surface area contributed by atoms with Crippen LogP contribution in [-0.2, 0) is 0 Å². The molecule has 19 heavy (non-hydrogen) atoms. The van der Waals surface area contributed by atoms with Crippen LogP contribution < -0.4 is 4.74 Å². The molecule has 1 aliphatic carbocycles. The van der Waals surface area contributed by atoms with E-state index in [-0.39, 0.29) is 23.1 Å². The van der Waals surface area contributed by atoms with Gasteiger partial charge in [0.25, 0.3) is 5.69 Å². The van der Waals surface area contributed by atoms with Crippen LogP contribution in [0.5, 0.6) is 5.75 Å². The molecule has 1 N–H and O–H groups in total. The molecule has 0 saturated heterocycles. The molecule has 0 radical (unpaired) electrons. The van der Waals surface area contributed by atoms with Gasteiger partial charge in [0.15, 0.2) is 0 Å². The van der Waals surface area contributed by atoms with Crippen LogP contribution in [-0.4, -0.2) is 22.1 Å². The minimum absolute atomic E-state index is 0.0313. The molecular formula is C13H15NO5. The molecule has 0 heterocycles. The highest BCUT2D eigenvalue weighted by molar-refractivity contribution is 5.91. The molecule has 6 nitrogen and oxygen atoms in total. The Morgan fingerprint density at radius 3 is 2.58 bits per heavy atom. The van der Waals surface area contributed by atoms with E-state index >= 15 is 0 Å². The molecule has 6 heteroatoms. The molecule has 1 fully saturated rings. The summed E-state index contributed by atoms with van der Waals surface area (Å²) in [5.41, 5.74) is -0.188. The van der Waals surface area contributed by atoms with Crippen molar-refractivity contribution in [3.63, 3.8) is 0 Å². The van der Waals surface area contributed by atoms with Crippen molar-refractivity contribution in [3.8, 4) is 5.75 Å². The van der Waals surface area contributed by atoms with Gasteiger partial charge in [-0.05, 0) is 31.7 Å². The smallest absolute Gasteiger partial charge is 0.339 e. The number of ether oxygens (including phenoxy) is 1. The van der Waals surface area contributed by atoms with Gasteiger partial charge in [0, 0.05) is 6.07 Å². The van der Waals surface area contributed by atoms with Crippen molar-refractivity contribution in [1.29, 1.82) is 0 Å². The van der Waals surface area contributed by atoms with Crippen LogP contribution in [0.4, 0.5) is 5.69 Å². The van der Waals surface area contributed by atoms with E-state index in [1.165, 1.54) is 18.2 Å². The molecule has 0 aliphatic heterocycles. The standard InChI is InChI=1S/C13H15NO5/c15-13(16)11-7-6-9(14(17)18)8-12(11)19-10-4-2-1-3-5-10/h6-8,10H,1-5H2,(H,15,16). The van der Waals surface area contributed by atoms with Crippen molar-refractivity contribution in [3.05, 3.63) is 33.9 Å². The van der Waals surface area contributed by atoms with Crippen molar-refractivity contribution in [2.24, 2.45) is 0 Å². The number of carboxylic acids is 1. The Morgan fingerprint density at radius 2 is 2.00 bits per heavy atom. The number of nitrogens with zero attached hydrogens (tertiary/aromatic N) is 1. The molecule has 0 bridgehead atoms. The lowest BCUT2D eigenvalue weighted by Crippen LogP contribution is -2.20. The predicted molar refractivity (Wildman–Crippen MR) is 67.6 cm³/mol. The van der Waals surface area contributed by atoms with Crippen molar-refractivity contribution in [2.45, 2.75) is 38.2 Å². The Labute approximate surface area is 110 Å². The quantitative estimate of drug-likeness (QED) is 0.667. The summed E-state index contributed by atoms with van der Waals surface area (Å²) in [5, 5.41) is 19.8. The van der Waals surface area contributed by atoms with Gasteiger partial charge in [0.1, 0.15) is 11.3 Å². The van der Waals surface area contributed by atoms with Crippen LogP contribution in [0.2, 0.25) is 0 Å². The molecule has 1 aliphatic rings. The van der Waals surface area contributed by atoms with Crippen LogP contribution in [0.15, 0.2) is 18.2 Å². The van der Waals surface area contributed by atoms with Crippen LogP contribution >= 0.6 is 0 Å². The molecule has 0 atom stereocenters. The van der Waals surface area contributed by atoms with Crippen molar-refractivity contribution in [1.82, 2.24) is 0 Å². The number of carboxylic acid groups (broad SMARTS) is 1. The largest absolute Gasteiger partial charge is 0.489 e. The molecule has 0 unspecified atom stereocenters. The fourth-order valence-corrected chi connectivity index (χ4v) is 2.26. The summed E-state index contributed by atoms with van der Waals surface area (Å²) in [5.74, 6) is -1.05. The number of nitro benzene ring substituents is 1. The number of hydrogen-bond acceptors (Lipinski definition) is 4. The Kier molecular flexibility index (Phi) is 3.99. The lowest BCUT2D eigenvalue weighted by molar-refractivity contribution is -0.385. The van der Waals surface area contributed by atoms with E-state index in [9.17, 15) is 14.9 Å². The van der Waals surface area contributed by atoms with Gasteiger partial charge in [0.05, 0.1) is 17.1 Å². The van der Waals surface area contributed by atoms with Crippen LogP contribution in [0, 0.1) is 10.1 Å². The molecule has 2 rings (SSSR count). The minimum Gasteiger partial charge on any atom is -0.489 e. The zero-order valence-corrected chi connectivity index (χ0v) is 10.4. The molecule has 1 aromatic carbocycles. The number of hydrogen-bond donors (Lipinski definition) is 1. The van der Waals surface area contributed by atoms with Crippen LogP contribution in [0.3, 0.4) is 0 Å². The van der Waals surface area contributed by atoms with Crippen LogP contribution in [0.25, 0.3) is 0 Å². The van der Waals surface area contributed by atoms with Gasteiger partial charge in [-0.25, -0.2) is 4.79 Å². The second-order valence-corrected chi connectivity index (χ2v) is 4.62. The monoisotopic (exact) mass is 265 g/mol. The summed E-state index contributed by atoms with van der Waals surface area (Å²) in [7, 11) is 0. The number of benzene rings is 1. The van der Waals surface area contributed by atoms with Gasteiger partial charge in [0.2, 0.25) is 0 Å². The number of rotatable bonds is 4. The van der Waals surface area contributed by atoms with Crippen molar-refractivity contribution in [2.75, 3.05) is 0 Å². The third kappa shape index (κ3) is 3.21. The van der Waals surface area contributed by atoms with E-state index < -0.39 is 10.9 Å². The Bertz CT molecular complexity index is 494. The second kappa shape index (κ2) is 5.69. The van der Waals surface area contributed by atoms with E-state index in [0.29, 0.717) is 0 Å². The van der Waals surface area contributed by atoms with Gasteiger partial charge in [-0.15, -0.1) is 0 Å². The fraction of sp³-hybridized carbons (Fsp3) is 0.462. The fourth-order valence-electron chi connectivity index (χ4n) is 2.26. The summed E-state index contributed by atoms with van der Waals surface area (Å²) in [6, 6.07) is 3.59. The minimum atomic E-state index is -1.14. The summed E-state index contributed by atoms with van der Waals surface area (Å²) >= 11 is 0. The number of nitro groups is 1. The average molecular weight is 265 g/mol. The second-order valence-electron chi connectivity index (χ2n) is 4.62. The maximum atomic E-state index is 11.1. The highest BCUT2D eigenvalue weighted by atomic mass is 16.6. The Hall–Kier alpha value is -2.11. The first-order valence-corrected chi connectivity index (χ1v) is 6.26. The zero-order valence-electron chi connectivity index (χ0n) is 10.4. The molecular weight excluding hydrogens is 250 g/mol. The van der Waals surface area contributed by atoms with E-state index in [4.69, 9.17) is 9.84 Å². The number of carbonyl (C=O) groups is 1. The molecule has 0 spiro atoms. The first kappa shape index (κ1) is 13.3. The summed E-state index contributed by atoms with van der Waals surface area (Å²) in [4.78, 5) is 21.3. The van der Waals surface area contributed by atoms with E-state index in [2.05, 4.69) is 0 Å². The normalized spacial score (nSPS) is 16.0. The molecule has 102 valence electrons. The lowest BCUT2D eigenvalue weighted by atomic mass is 9.97. The maximum absolute atomic E-state index is 11.1. The van der Waals surface area contributed by atoms with Crippen LogP contribution in [0.1, 0.15) is 42.5 Å². The third-order valence-electron chi connectivity index (χ3n) is 3.25. The van der Waals surface area contributed by atoms with Gasteiger partial charge < -0.3 is 9.84 Å². The number of aromatic carboxylic acids is 1. The van der Waals surface area contributed by atoms with Gasteiger partial charge >= 0.3 is 5.97 Å². The summed E-state index contributed by atoms with van der Waals surface area (Å²) < 4.78 is 5.65.